The lowest BCUT2D eigenvalue weighted by Gasteiger charge is -2.31. The van der Waals surface area contributed by atoms with Crippen LogP contribution in [0.15, 0.2) is 24.5 Å². The Labute approximate surface area is 130 Å². The molecule has 2 amide bonds. The van der Waals surface area contributed by atoms with Crippen molar-refractivity contribution in [1.29, 1.82) is 0 Å². The molecule has 0 radical (unpaired) electrons. The Hall–Kier alpha value is -1.83. The van der Waals surface area contributed by atoms with Gasteiger partial charge in [-0.05, 0) is 25.0 Å². The van der Waals surface area contributed by atoms with Crippen LogP contribution in [0, 0.1) is 0 Å². The third-order valence-electron chi connectivity index (χ3n) is 3.90. The highest BCUT2D eigenvalue weighted by atomic mass is 32.2. The fourth-order valence-electron chi connectivity index (χ4n) is 2.57. The second kappa shape index (κ2) is 6.95. The number of nitrogens with one attached hydrogen (secondary N) is 1. The summed E-state index contributed by atoms with van der Waals surface area (Å²) < 4.78 is 26.0. The van der Waals surface area contributed by atoms with E-state index in [0.29, 0.717) is 25.9 Å². The first-order valence-corrected chi connectivity index (χ1v) is 8.94. The van der Waals surface area contributed by atoms with Gasteiger partial charge in [0.2, 0.25) is 11.8 Å². The van der Waals surface area contributed by atoms with E-state index < -0.39 is 26.7 Å². The third-order valence-corrected chi connectivity index (χ3v) is 6.05. The van der Waals surface area contributed by atoms with E-state index in [1.165, 1.54) is 7.05 Å². The van der Waals surface area contributed by atoms with Gasteiger partial charge < -0.3 is 14.8 Å². The van der Waals surface area contributed by atoms with Crippen molar-refractivity contribution < 1.29 is 18.0 Å². The van der Waals surface area contributed by atoms with Crippen molar-refractivity contribution in [3.63, 3.8) is 0 Å². The topological polar surface area (TPSA) is 88.5 Å². The van der Waals surface area contributed by atoms with Crippen molar-refractivity contribution in [1.82, 2.24) is 14.8 Å². The Kier molecular flexibility index (Phi) is 5.23. The van der Waals surface area contributed by atoms with Crippen molar-refractivity contribution >= 4 is 21.7 Å². The first-order valence-electron chi connectivity index (χ1n) is 7.23. The van der Waals surface area contributed by atoms with Crippen molar-refractivity contribution in [3.8, 4) is 0 Å². The van der Waals surface area contributed by atoms with Crippen LogP contribution in [-0.4, -0.2) is 60.8 Å². The number of carbonyl (C=O) groups is 2. The number of sulfone groups is 1. The molecule has 0 bridgehead atoms. The number of aromatic nitrogens is 1. The molecule has 1 aromatic heterocycles. The zero-order valence-electron chi connectivity index (χ0n) is 12.6. The van der Waals surface area contributed by atoms with Crippen LogP contribution in [0.1, 0.15) is 12.8 Å². The normalized spacial score (nSPS) is 16.5. The summed E-state index contributed by atoms with van der Waals surface area (Å²) in [6.45, 7) is 1.10. The van der Waals surface area contributed by atoms with Crippen LogP contribution in [0.4, 0.5) is 0 Å². The minimum atomic E-state index is -3.45. The van der Waals surface area contributed by atoms with Crippen LogP contribution in [0.5, 0.6) is 0 Å². The molecule has 0 aromatic carbocycles. The fraction of sp³-hybridized carbons (Fsp3) is 0.571. The first kappa shape index (κ1) is 16.5. The van der Waals surface area contributed by atoms with Gasteiger partial charge in [-0.1, -0.05) is 0 Å². The summed E-state index contributed by atoms with van der Waals surface area (Å²) in [6, 6.07) is 3.70. The number of hydrogen-bond acceptors (Lipinski definition) is 4. The SMILES string of the molecule is CNC(=O)CS(=O)(=O)C1CCN(C(=O)Cn2cccc2)CC1. The molecule has 2 rings (SSSR count). The number of nitrogens with zero attached hydrogens (tertiary/aromatic N) is 2. The minimum absolute atomic E-state index is 0.0154. The van der Waals surface area contributed by atoms with E-state index in [4.69, 9.17) is 0 Å². The largest absolute Gasteiger partial charge is 0.358 e. The molecule has 0 spiro atoms. The molecular weight excluding hydrogens is 306 g/mol. The highest BCUT2D eigenvalue weighted by Crippen LogP contribution is 2.19. The number of rotatable bonds is 5. The van der Waals surface area contributed by atoms with Crippen molar-refractivity contribution in [2.45, 2.75) is 24.6 Å². The molecule has 0 saturated carbocycles. The predicted octanol–water partition coefficient (Wildman–Crippen LogP) is -0.360. The Balaban J connectivity index is 1.87. The molecule has 8 heteroatoms. The second-order valence-electron chi connectivity index (χ2n) is 5.42. The summed E-state index contributed by atoms with van der Waals surface area (Å²) in [5, 5.41) is 1.79. The van der Waals surface area contributed by atoms with E-state index in [9.17, 15) is 18.0 Å². The number of amides is 2. The summed E-state index contributed by atoms with van der Waals surface area (Å²) in [4.78, 5) is 25.1. The lowest BCUT2D eigenvalue weighted by atomic mass is 10.1. The number of piperidine rings is 1. The molecule has 1 aliphatic rings. The molecule has 1 aromatic rings. The van der Waals surface area contributed by atoms with E-state index in [1.807, 2.05) is 24.5 Å². The average Bonchev–Trinajstić information content (AvgIpc) is 2.99. The van der Waals surface area contributed by atoms with Gasteiger partial charge in [-0.2, -0.15) is 0 Å². The van der Waals surface area contributed by atoms with Gasteiger partial charge >= 0.3 is 0 Å². The standard InChI is InChI=1S/C14H21N3O4S/c1-15-13(18)11-22(20,21)12-4-8-17(9-5-12)14(19)10-16-6-2-3-7-16/h2-3,6-7,12H,4-5,8-11H2,1H3,(H,15,18). The monoisotopic (exact) mass is 327 g/mol. The average molecular weight is 327 g/mol. The highest BCUT2D eigenvalue weighted by molar-refractivity contribution is 7.92. The lowest BCUT2D eigenvalue weighted by Crippen LogP contribution is -2.45. The van der Waals surface area contributed by atoms with Crippen LogP contribution in [0.3, 0.4) is 0 Å². The van der Waals surface area contributed by atoms with Gasteiger partial charge in [0.1, 0.15) is 12.3 Å². The van der Waals surface area contributed by atoms with E-state index in [1.54, 1.807) is 9.47 Å². The minimum Gasteiger partial charge on any atom is -0.358 e. The summed E-state index contributed by atoms with van der Waals surface area (Å²) in [5.41, 5.74) is 0. The highest BCUT2D eigenvalue weighted by Gasteiger charge is 2.32. The first-order chi connectivity index (χ1) is 10.4. The molecule has 0 aliphatic carbocycles. The number of carbonyl (C=O) groups excluding carboxylic acids is 2. The molecule has 0 unspecified atom stereocenters. The van der Waals surface area contributed by atoms with Crippen LogP contribution in [0.25, 0.3) is 0 Å². The zero-order chi connectivity index (χ0) is 16.2. The van der Waals surface area contributed by atoms with Gasteiger partial charge in [0, 0.05) is 32.5 Å². The van der Waals surface area contributed by atoms with Crippen molar-refractivity contribution in [2.75, 3.05) is 25.9 Å². The molecule has 1 saturated heterocycles. The maximum absolute atomic E-state index is 12.1. The summed E-state index contributed by atoms with van der Waals surface area (Å²) in [6.07, 6.45) is 4.41. The molecule has 1 fully saturated rings. The van der Waals surface area contributed by atoms with Gasteiger partial charge in [-0.15, -0.1) is 0 Å². The summed E-state index contributed by atoms with van der Waals surface area (Å²) >= 11 is 0. The molecule has 22 heavy (non-hydrogen) atoms. The third kappa shape index (κ3) is 4.09. The van der Waals surface area contributed by atoms with E-state index in [2.05, 4.69) is 5.32 Å². The van der Waals surface area contributed by atoms with E-state index >= 15 is 0 Å². The maximum atomic E-state index is 12.1. The molecular formula is C14H21N3O4S. The smallest absolute Gasteiger partial charge is 0.242 e. The maximum Gasteiger partial charge on any atom is 0.242 e. The van der Waals surface area contributed by atoms with Crippen LogP contribution in [-0.2, 0) is 26.0 Å². The van der Waals surface area contributed by atoms with Gasteiger partial charge in [0.15, 0.2) is 9.84 Å². The molecule has 7 nitrogen and oxygen atoms in total. The number of likely N-dealkylation sites (tertiary alicyclic amines) is 1. The summed E-state index contributed by atoms with van der Waals surface area (Å²) in [7, 11) is -2.03. The Morgan fingerprint density at radius 3 is 2.32 bits per heavy atom. The van der Waals surface area contributed by atoms with Crippen molar-refractivity contribution in [3.05, 3.63) is 24.5 Å². The number of hydrogen-bond donors (Lipinski definition) is 1. The van der Waals surface area contributed by atoms with E-state index in [-0.39, 0.29) is 12.5 Å². The van der Waals surface area contributed by atoms with Crippen LogP contribution in [0.2, 0.25) is 0 Å². The van der Waals surface area contributed by atoms with Gasteiger partial charge in [0.25, 0.3) is 0 Å². The van der Waals surface area contributed by atoms with Crippen LogP contribution >= 0.6 is 0 Å². The predicted molar refractivity (Wildman–Crippen MR) is 81.9 cm³/mol. The Bertz CT molecular complexity index is 617. The van der Waals surface area contributed by atoms with Gasteiger partial charge in [-0.25, -0.2) is 8.42 Å². The molecule has 1 N–H and O–H groups in total. The van der Waals surface area contributed by atoms with Gasteiger partial charge in [-0.3, -0.25) is 9.59 Å². The summed E-state index contributed by atoms with van der Waals surface area (Å²) in [5.74, 6) is -0.990. The fourth-order valence-corrected chi connectivity index (χ4v) is 4.24. The van der Waals surface area contributed by atoms with Gasteiger partial charge in [0.05, 0.1) is 5.25 Å². The lowest BCUT2D eigenvalue weighted by molar-refractivity contribution is -0.132. The molecule has 1 aliphatic heterocycles. The second-order valence-corrected chi connectivity index (χ2v) is 7.70. The van der Waals surface area contributed by atoms with Crippen molar-refractivity contribution in [2.24, 2.45) is 0 Å². The van der Waals surface area contributed by atoms with Crippen LogP contribution < -0.4 is 5.32 Å². The Morgan fingerprint density at radius 1 is 1.18 bits per heavy atom. The van der Waals surface area contributed by atoms with E-state index in [0.717, 1.165) is 0 Å². The molecule has 0 atom stereocenters. The quantitative estimate of drug-likeness (QED) is 0.800. The zero-order valence-corrected chi connectivity index (χ0v) is 13.4. The Morgan fingerprint density at radius 2 is 1.77 bits per heavy atom. The molecule has 2 heterocycles. The molecule has 122 valence electrons.